The Morgan fingerprint density at radius 3 is 2.05 bits per heavy atom. The van der Waals surface area contributed by atoms with Gasteiger partial charge in [-0.1, -0.05) is 126 Å². The summed E-state index contributed by atoms with van der Waals surface area (Å²) in [7, 11) is -0.886. The fourth-order valence-electron chi connectivity index (χ4n) is 7.57. The molecular weight excluding hydrogens is 521 g/mol. The van der Waals surface area contributed by atoms with Crippen LogP contribution >= 0.6 is 7.92 Å². The van der Waals surface area contributed by atoms with Crippen LogP contribution in [0.4, 0.5) is 0 Å². The predicted octanol–water partition coefficient (Wildman–Crippen LogP) is 7.70. The van der Waals surface area contributed by atoms with E-state index < -0.39 is 7.92 Å². The van der Waals surface area contributed by atoms with E-state index >= 15 is 0 Å². The Labute approximate surface area is 249 Å². The number of ether oxygens (including phenoxy) is 1. The van der Waals surface area contributed by atoms with E-state index in [9.17, 15) is 4.79 Å². The first-order chi connectivity index (χ1) is 19.8. The Balaban J connectivity index is 1.59. The van der Waals surface area contributed by atoms with Crippen LogP contribution in [0.15, 0.2) is 84.9 Å². The van der Waals surface area contributed by atoms with Gasteiger partial charge in [-0.25, -0.2) is 0 Å². The molecule has 5 rings (SSSR count). The third-order valence-corrected chi connectivity index (χ3v) is 12.8. The molecule has 2 aliphatic rings. The lowest BCUT2D eigenvalue weighted by Gasteiger charge is -2.43. The Bertz CT molecular complexity index is 1250. The van der Waals surface area contributed by atoms with Crippen LogP contribution in [-0.2, 0) is 4.74 Å². The van der Waals surface area contributed by atoms with Gasteiger partial charge in [0.15, 0.2) is 0 Å². The highest BCUT2D eigenvalue weighted by atomic mass is 31.1. The van der Waals surface area contributed by atoms with Crippen LogP contribution in [0.5, 0.6) is 0 Å². The molecule has 2 fully saturated rings. The second kappa shape index (κ2) is 12.8. The molecule has 0 N–H and O–H groups in total. The van der Waals surface area contributed by atoms with Gasteiger partial charge in [-0.2, -0.15) is 0 Å². The third kappa shape index (κ3) is 5.53. The standard InChI is InChI=1S/C37H48NO2P/c1-6-8-26-38(33-31-24-25-37(5,36(31,3)4)34(33)40-27-9-7-2)35(39)30-22-16-17-23-32(30)41(28-18-12-10-13-19-28)29-20-14-11-15-21-29/h10-23,31,33-34H,6-9,24-27H2,1-5H3/t31-,33-,34-,37+/m1/s1. The Kier molecular flexibility index (Phi) is 9.37. The van der Waals surface area contributed by atoms with Crippen molar-refractivity contribution < 1.29 is 9.53 Å². The molecule has 0 unspecified atom stereocenters. The third-order valence-electron chi connectivity index (χ3n) is 10.3. The van der Waals surface area contributed by atoms with Crippen LogP contribution in [0, 0.1) is 16.7 Å². The van der Waals surface area contributed by atoms with Gasteiger partial charge in [0.25, 0.3) is 5.91 Å². The summed E-state index contributed by atoms with van der Waals surface area (Å²) in [6.45, 7) is 13.3. The maximum absolute atomic E-state index is 15.0. The molecular formula is C37H48NO2P. The van der Waals surface area contributed by atoms with E-state index in [-0.39, 0.29) is 28.9 Å². The van der Waals surface area contributed by atoms with Crippen LogP contribution in [0.2, 0.25) is 0 Å². The van der Waals surface area contributed by atoms with Gasteiger partial charge in [0.2, 0.25) is 0 Å². The molecule has 2 aliphatic carbocycles. The van der Waals surface area contributed by atoms with Crippen molar-refractivity contribution >= 4 is 29.7 Å². The monoisotopic (exact) mass is 569 g/mol. The van der Waals surface area contributed by atoms with Crippen molar-refractivity contribution in [3.63, 3.8) is 0 Å². The van der Waals surface area contributed by atoms with Gasteiger partial charge >= 0.3 is 0 Å². The molecule has 4 heteroatoms. The molecule has 41 heavy (non-hydrogen) atoms. The maximum atomic E-state index is 15.0. The van der Waals surface area contributed by atoms with Crippen LogP contribution in [0.25, 0.3) is 0 Å². The predicted molar refractivity (Wildman–Crippen MR) is 174 cm³/mol. The first-order valence-electron chi connectivity index (χ1n) is 15.8. The zero-order chi connectivity index (χ0) is 29.0. The number of carbonyl (C=O) groups excluding carboxylic acids is 1. The lowest BCUT2D eigenvalue weighted by molar-refractivity contribution is -0.0763. The normalized spacial score (nSPS) is 24.6. The molecule has 2 bridgehead atoms. The molecule has 0 saturated heterocycles. The number of hydrogen-bond donors (Lipinski definition) is 0. The average molecular weight is 570 g/mol. The fraction of sp³-hybridized carbons (Fsp3) is 0.486. The van der Waals surface area contributed by atoms with Crippen LogP contribution in [-0.4, -0.2) is 36.1 Å². The summed E-state index contributed by atoms with van der Waals surface area (Å²) in [5.74, 6) is 0.617. The molecule has 3 aromatic carbocycles. The molecule has 0 aromatic heterocycles. The second-order valence-electron chi connectivity index (χ2n) is 12.8. The topological polar surface area (TPSA) is 29.5 Å². The summed E-state index contributed by atoms with van der Waals surface area (Å²) in [5, 5.41) is 3.68. The molecule has 1 amide bonds. The number of unbranched alkanes of at least 4 members (excludes halogenated alkanes) is 2. The van der Waals surface area contributed by atoms with E-state index in [0.29, 0.717) is 5.92 Å². The largest absolute Gasteiger partial charge is 0.375 e. The first kappa shape index (κ1) is 30.0. The number of hydrogen-bond acceptors (Lipinski definition) is 2. The van der Waals surface area contributed by atoms with Crippen molar-refractivity contribution in [3.8, 4) is 0 Å². The van der Waals surface area contributed by atoms with E-state index in [1.807, 2.05) is 6.07 Å². The van der Waals surface area contributed by atoms with Crippen molar-refractivity contribution in [3.05, 3.63) is 90.5 Å². The molecule has 0 aliphatic heterocycles. The molecule has 2 saturated carbocycles. The van der Waals surface area contributed by atoms with Crippen LogP contribution in [0.3, 0.4) is 0 Å². The average Bonchev–Trinajstić information content (AvgIpc) is 3.32. The molecule has 218 valence electrons. The summed E-state index contributed by atoms with van der Waals surface area (Å²) in [6, 6.07) is 30.0. The van der Waals surface area contributed by atoms with Crippen molar-refractivity contribution in [2.24, 2.45) is 16.7 Å². The van der Waals surface area contributed by atoms with Crippen molar-refractivity contribution in [2.45, 2.75) is 85.3 Å². The minimum absolute atomic E-state index is 0.0699. The highest BCUT2D eigenvalue weighted by Gasteiger charge is 2.68. The lowest BCUT2D eigenvalue weighted by atomic mass is 9.70. The smallest absolute Gasteiger partial charge is 0.254 e. The molecule has 0 radical (unpaired) electrons. The molecule has 3 nitrogen and oxygen atoms in total. The Morgan fingerprint density at radius 1 is 0.854 bits per heavy atom. The summed E-state index contributed by atoms with van der Waals surface area (Å²) in [6.07, 6.45) is 6.66. The van der Waals surface area contributed by atoms with Gasteiger partial charge in [0.1, 0.15) is 0 Å². The minimum Gasteiger partial charge on any atom is -0.375 e. The van der Waals surface area contributed by atoms with E-state index in [1.165, 1.54) is 23.5 Å². The summed E-state index contributed by atoms with van der Waals surface area (Å²) >= 11 is 0. The van der Waals surface area contributed by atoms with Gasteiger partial charge in [0.05, 0.1) is 12.1 Å². The molecule has 3 aromatic rings. The Hall–Kier alpha value is -2.48. The molecule has 0 heterocycles. The number of benzene rings is 3. The minimum atomic E-state index is -0.886. The Morgan fingerprint density at radius 2 is 1.44 bits per heavy atom. The number of rotatable bonds is 12. The van der Waals surface area contributed by atoms with E-state index in [2.05, 4.69) is 118 Å². The highest BCUT2D eigenvalue weighted by molar-refractivity contribution is 7.80. The van der Waals surface area contributed by atoms with E-state index in [1.54, 1.807) is 0 Å². The number of amides is 1. The molecule has 4 atom stereocenters. The van der Waals surface area contributed by atoms with Gasteiger partial charge in [-0.3, -0.25) is 4.79 Å². The number of fused-ring (bicyclic) bond motifs is 2. The zero-order valence-corrected chi connectivity index (χ0v) is 26.6. The number of carbonyl (C=O) groups is 1. The van der Waals surface area contributed by atoms with Gasteiger partial charge in [-0.15, -0.1) is 0 Å². The highest BCUT2D eigenvalue weighted by Crippen LogP contribution is 2.67. The SMILES string of the molecule is CCCCO[C@@H]1[C@H](N(CCCC)C(=O)c2ccccc2P(c2ccccc2)c2ccccc2)[C@H]2CC[C@]1(C)C2(C)C. The second-order valence-corrected chi connectivity index (χ2v) is 15.0. The van der Waals surface area contributed by atoms with E-state index in [0.717, 1.165) is 49.7 Å². The van der Waals surface area contributed by atoms with Crippen molar-refractivity contribution in [1.82, 2.24) is 4.90 Å². The van der Waals surface area contributed by atoms with Gasteiger partial charge in [-0.05, 0) is 66.9 Å². The van der Waals surface area contributed by atoms with Gasteiger partial charge < -0.3 is 9.64 Å². The quantitative estimate of drug-likeness (QED) is 0.165. The molecule has 0 spiro atoms. The summed E-state index contributed by atoms with van der Waals surface area (Å²) in [4.78, 5) is 17.2. The van der Waals surface area contributed by atoms with Crippen LogP contribution in [0.1, 0.15) is 83.5 Å². The lowest BCUT2D eigenvalue weighted by Crippen LogP contribution is -2.54. The van der Waals surface area contributed by atoms with Crippen molar-refractivity contribution in [2.75, 3.05) is 13.2 Å². The van der Waals surface area contributed by atoms with Gasteiger partial charge in [0, 0.05) is 24.1 Å². The first-order valence-corrected chi connectivity index (χ1v) is 17.1. The zero-order valence-electron chi connectivity index (χ0n) is 25.7. The summed E-state index contributed by atoms with van der Waals surface area (Å²) < 4.78 is 6.80. The maximum Gasteiger partial charge on any atom is 0.254 e. The van der Waals surface area contributed by atoms with Crippen LogP contribution < -0.4 is 15.9 Å². The van der Waals surface area contributed by atoms with E-state index in [4.69, 9.17) is 4.74 Å². The fourth-order valence-corrected chi connectivity index (χ4v) is 10.0. The van der Waals surface area contributed by atoms with Crippen molar-refractivity contribution in [1.29, 1.82) is 0 Å². The summed E-state index contributed by atoms with van der Waals surface area (Å²) in [5.41, 5.74) is 1.04. The number of nitrogens with zero attached hydrogens (tertiary/aromatic N) is 1.